The van der Waals surface area contributed by atoms with Crippen LogP contribution in [0, 0.1) is 11.8 Å². The molecule has 1 aromatic rings. The summed E-state index contributed by atoms with van der Waals surface area (Å²) in [6.45, 7) is 8.30. The van der Waals surface area contributed by atoms with Crippen LogP contribution in [0.3, 0.4) is 0 Å². The highest BCUT2D eigenvalue weighted by molar-refractivity contribution is 5.94. The Balaban J connectivity index is 1.75. The molecule has 4 heteroatoms. The zero-order valence-corrected chi connectivity index (χ0v) is 17.2. The van der Waals surface area contributed by atoms with Crippen LogP contribution in [0.1, 0.15) is 75.2 Å². The average molecular weight is 374 g/mol. The van der Waals surface area contributed by atoms with Crippen molar-refractivity contribution in [3.05, 3.63) is 35.4 Å². The van der Waals surface area contributed by atoms with E-state index >= 15 is 0 Å². The predicted octanol–water partition coefficient (Wildman–Crippen LogP) is 4.86. The van der Waals surface area contributed by atoms with E-state index in [-0.39, 0.29) is 17.8 Å². The van der Waals surface area contributed by atoms with Crippen molar-refractivity contribution in [2.24, 2.45) is 11.8 Å². The van der Waals surface area contributed by atoms with Gasteiger partial charge in [0.25, 0.3) is 5.91 Å². The molecule has 4 nitrogen and oxygen atoms in total. The molecule has 2 rings (SSSR count). The monoisotopic (exact) mass is 373 g/mol. The third-order valence-electron chi connectivity index (χ3n) is 5.31. The smallest absolute Gasteiger partial charge is 0.309 e. The van der Waals surface area contributed by atoms with E-state index in [1.807, 2.05) is 17.0 Å². The second-order valence-corrected chi connectivity index (χ2v) is 8.07. The maximum atomic E-state index is 12.7. The SMILES string of the molecule is CCCCc1ccc(C(=O)N2CCC(C(=O)OCCCC(C)C)CC2)cc1. The summed E-state index contributed by atoms with van der Waals surface area (Å²) < 4.78 is 5.42. The highest BCUT2D eigenvalue weighted by Gasteiger charge is 2.28. The quantitative estimate of drug-likeness (QED) is 0.459. The Kier molecular flexibility index (Phi) is 8.83. The third-order valence-corrected chi connectivity index (χ3v) is 5.31. The lowest BCUT2D eigenvalue weighted by Gasteiger charge is -2.31. The second kappa shape index (κ2) is 11.1. The third kappa shape index (κ3) is 7.00. The van der Waals surface area contributed by atoms with Crippen molar-refractivity contribution in [2.45, 2.75) is 65.7 Å². The van der Waals surface area contributed by atoms with Gasteiger partial charge in [0.1, 0.15) is 0 Å². The second-order valence-electron chi connectivity index (χ2n) is 8.07. The van der Waals surface area contributed by atoms with E-state index in [4.69, 9.17) is 4.74 Å². The number of aryl methyl sites for hydroxylation is 1. The van der Waals surface area contributed by atoms with Crippen molar-refractivity contribution in [1.82, 2.24) is 4.90 Å². The molecule has 0 aliphatic carbocycles. The van der Waals surface area contributed by atoms with Gasteiger partial charge in [-0.15, -0.1) is 0 Å². The van der Waals surface area contributed by atoms with Crippen LogP contribution in [-0.2, 0) is 16.0 Å². The number of likely N-dealkylation sites (tertiary alicyclic amines) is 1. The first-order valence-corrected chi connectivity index (χ1v) is 10.6. The maximum absolute atomic E-state index is 12.7. The van der Waals surface area contributed by atoms with Crippen LogP contribution in [0.2, 0.25) is 0 Å². The fourth-order valence-electron chi connectivity index (χ4n) is 3.48. The molecule has 1 aliphatic heterocycles. The Morgan fingerprint density at radius 2 is 1.78 bits per heavy atom. The maximum Gasteiger partial charge on any atom is 0.309 e. The molecule has 27 heavy (non-hydrogen) atoms. The molecule has 1 fully saturated rings. The standard InChI is InChI=1S/C23H35NO3/c1-4-5-8-19-9-11-20(12-10-19)22(25)24-15-13-21(14-16-24)23(26)27-17-6-7-18(2)3/h9-12,18,21H,4-8,13-17H2,1-3H3. The van der Waals surface area contributed by atoms with Crippen LogP contribution in [0.5, 0.6) is 0 Å². The van der Waals surface area contributed by atoms with Gasteiger partial charge in [-0.1, -0.05) is 39.3 Å². The van der Waals surface area contributed by atoms with Crippen molar-refractivity contribution < 1.29 is 14.3 Å². The van der Waals surface area contributed by atoms with Gasteiger partial charge < -0.3 is 9.64 Å². The summed E-state index contributed by atoms with van der Waals surface area (Å²) >= 11 is 0. The van der Waals surface area contributed by atoms with E-state index in [2.05, 4.69) is 32.9 Å². The Hall–Kier alpha value is -1.84. The fourth-order valence-corrected chi connectivity index (χ4v) is 3.48. The van der Waals surface area contributed by atoms with Crippen molar-refractivity contribution in [1.29, 1.82) is 0 Å². The molecule has 0 aromatic heterocycles. The van der Waals surface area contributed by atoms with Crippen LogP contribution in [0.15, 0.2) is 24.3 Å². The Morgan fingerprint density at radius 3 is 2.37 bits per heavy atom. The lowest BCUT2D eigenvalue weighted by molar-refractivity contribution is -0.150. The number of ether oxygens (including phenoxy) is 1. The number of amides is 1. The van der Waals surface area contributed by atoms with Gasteiger partial charge in [-0.25, -0.2) is 0 Å². The molecule has 0 unspecified atom stereocenters. The number of piperidine rings is 1. The number of hydrogen-bond donors (Lipinski definition) is 0. The van der Waals surface area contributed by atoms with E-state index in [1.54, 1.807) is 0 Å². The number of esters is 1. The Morgan fingerprint density at radius 1 is 1.11 bits per heavy atom. The van der Waals surface area contributed by atoms with Gasteiger partial charge in [0.15, 0.2) is 0 Å². The number of carbonyl (C=O) groups is 2. The Bertz CT molecular complexity index is 586. The van der Waals surface area contributed by atoms with Gasteiger partial charge in [0.2, 0.25) is 0 Å². The lowest BCUT2D eigenvalue weighted by atomic mass is 9.96. The summed E-state index contributed by atoms with van der Waals surface area (Å²) in [5, 5.41) is 0. The zero-order valence-electron chi connectivity index (χ0n) is 17.2. The summed E-state index contributed by atoms with van der Waals surface area (Å²) in [7, 11) is 0. The largest absolute Gasteiger partial charge is 0.465 e. The number of hydrogen-bond acceptors (Lipinski definition) is 3. The van der Waals surface area contributed by atoms with Crippen LogP contribution < -0.4 is 0 Å². The number of nitrogens with zero attached hydrogens (tertiary/aromatic N) is 1. The van der Waals surface area contributed by atoms with Gasteiger partial charge in [0, 0.05) is 18.7 Å². The normalized spacial score (nSPS) is 15.2. The number of carbonyl (C=O) groups excluding carboxylic acids is 2. The molecule has 1 aliphatic rings. The van der Waals surface area contributed by atoms with Gasteiger partial charge in [0.05, 0.1) is 12.5 Å². The molecule has 1 amide bonds. The van der Waals surface area contributed by atoms with E-state index in [9.17, 15) is 9.59 Å². The van der Waals surface area contributed by atoms with Gasteiger partial charge >= 0.3 is 5.97 Å². The summed E-state index contributed by atoms with van der Waals surface area (Å²) in [4.78, 5) is 26.7. The van der Waals surface area contributed by atoms with Crippen molar-refractivity contribution >= 4 is 11.9 Å². The first-order chi connectivity index (χ1) is 13.0. The Labute approximate surface area is 164 Å². The van der Waals surface area contributed by atoms with Crippen molar-refractivity contribution in [3.63, 3.8) is 0 Å². The first-order valence-electron chi connectivity index (χ1n) is 10.6. The molecule has 0 atom stereocenters. The van der Waals surface area contributed by atoms with E-state index in [0.717, 1.165) is 24.8 Å². The molecule has 1 saturated heterocycles. The summed E-state index contributed by atoms with van der Waals surface area (Å²) in [6, 6.07) is 7.99. The minimum absolute atomic E-state index is 0.0653. The average Bonchev–Trinajstić information content (AvgIpc) is 2.69. The topological polar surface area (TPSA) is 46.6 Å². The highest BCUT2D eigenvalue weighted by Crippen LogP contribution is 2.21. The zero-order chi connectivity index (χ0) is 19.6. The first kappa shape index (κ1) is 21.5. The van der Waals surface area contributed by atoms with Gasteiger partial charge in [-0.05, 0) is 62.1 Å². The minimum Gasteiger partial charge on any atom is -0.465 e. The fraction of sp³-hybridized carbons (Fsp3) is 0.652. The van der Waals surface area contributed by atoms with Crippen LogP contribution in [0.4, 0.5) is 0 Å². The molecule has 1 aromatic carbocycles. The molecule has 1 heterocycles. The van der Waals surface area contributed by atoms with Crippen LogP contribution >= 0.6 is 0 Å². The molecule has 0 bridgehead atoms. The lowest BCUT2D eigenvalue weighted by Crippen LogP contribution is -2.40. The molecule has 0 spiro atoms. The molecule has 0 radical (unpaired) electrons. The number of unbranched alkanes of at least 4 members (excludes halogenated alkanes) is 1. The molecule has 150 valence electrons. The summed E-state index contributed by atoms with van der Waals surface area (Å²) in [5.74, 6) is 0.551. The van der Waals surface area contributed by atoms with Crippen molar-refractivity contribution in [2.75, 3.05) is 19.7 Å². The van der Waals surface area contributed by atoms with Gasteiger partial charge in [-0.3, -0.25) is 9.59 Å². The van der Waals surface area contributed by atoms with Crippen LogP contribution in [-0.4, -0.2) is 36.5 Å². The highest BCUT2D eigenvalue weighted by atomic mass is 16.5. The minimum atomic E-state index is -0.0915. The van der Waals surface area contributed by atoms with Crippen molar-refractivity contribution in [3.8, 4) is 0 Å². The molecular weight excluding hydrogens is 338 g/mol. The number of rotatable bonds is 9. The molecule has 0 saturated carbocycles. The molecule has 0 N–H and O–H groups in total. The van der Waals surface area contributed by atoms with E-state index in [0.29, 0.717) is 38.5 Å². The summed E-state index contributed by atoms with van der Waals surface area (Å²) in [5.41, 5.74) is 2.03. The summed E-state index contributed by atoms with van der Waals surface area (Å²) in [6.07, 6.45) is 6.82. The van der Waals surface area contributed by atoms with Crippen LogP contribution in [0.25, 0.3) is 0 Å². The number of benzene rings is 1. The predicted molar refractivity (Wildman–Crippen MR) is 109 cm³/mol. The van der Waals surface area contributed by atoms with E-state index < -0.39 is 0 Å². The van der Waals surface area contributed by atoms with Gasteiger partial charge in [-0.2, -0.15) is 0 Å². The molecular formula is C23H35NO3. The van der Waals surface area contributed by atoms with E-state index in [1.165, 1.54) is 18.4 Å².